The molecule has 0 aliphatic heterocycles. The fourth-order valence-electron chi connectivity index (χ4n) is 2.47. The number of non-ortho nitro benzene ring substituents is 1. The highest BCUT2D eigenvalue weighted by molar-refractivity contribution is 6.39. The van der Waals surface area contributed by atoms with E-state index in [1.807, 2.05) is 25.1 Å². The van der Waals surface area contributed by atoms with Crippen molar-refractivity contribution in [2.45, 2.75) is 6.92 Å². The maximum Gasteiger partial charge on any atom is 0.269 e. The second kappa shape index (κ2) is 7.62. The Morgan fingerprint density at radius 2 is 1.93 bits per heavy atom. The summed E-state index contributed by atoms with van der Waals surface area (Å²) in [6, 6.07) is 12.7. The van der Waals surface area contributed by atoms with Gasteiger partial charge in [-0.3, -0.25) is 10.1 Å². The largest absolute Gasteiger partial charge is 0.452 e. The van der Waals surface area contributed by atoms with Crippen LogP contribution in [-0.4, -0.2) is 9.91 Å². The fraction of sp³-hybridized carbons (Fsp3) is 0.0526. The van der Waals surface area contributed by atoms with E-state index in [0.29, 0.717) is 21.5 Å². The van der Waals surface area contributed by atoms with E-state index in [1.54, 1.807) is 0 Å². The summed E-state index contributed by atoms with van der Waals surface area (Å²) in [6.45, 7) is 1.82. The molecule has 1 heterocycles. The van der Waals surface area contributed by atoms with Gasteiger partial charge >= 0.3 is 0 Å². The molecular formula is C19H11Cl2N3O3. The summed E-state index contributed by atoms with van der Waals surface area (Å²) in [7, 11) is 0. The van der Waals surface area contributed by atoms with E-state index in [1.165, 1.54) is 36.4 Å². The predicted octanol–water partition coefficient (Wildman–Crippen LogP) is 5.70. The van der Waals surface area contributed by atoms with Crippen molar-refractivity contribution in [1.29, 1.82) is 5.26 Å². The van der Waals surface area contributed by atoms with Crippen LogP contribution in [0.4, 0.5) is 5.69 Å². The van der Waals surface area contributed by atoms with Crippen LogP contribution >= 0.6 is 23.2 Å². The van der Waals surface area contributed by atoms with Gasteiger partial charge in [0.05, 0.1) is 27.1 Å². The minimum atomic E-state index is -0.505. The van der Waals surface area contributed by atoms with Gasteiger partial charge in [0.25, 0.3) is 5.69 Å². The van der Waals surface area contributed by atoms with Crippen molar-refractivity contribution in [1.82, 2.24) is 4.98 Å². The van der Waals surface area contributed by atoms with E-state index < -0.39 is 4.92 Å². The van der Waals surface area contributed by atoms with E-state index in [9.17, 15) is 10.1 Å². The summed E-state index contributed by atoms with van der Waals surface area (Å²) >= 11 is 12.5. The fourth-order valence-corrected chi connectivity index (χ4v) is 3.03. The Morgan fingerprint density at radius 3 is 2.56 bits per heavy atom. The van der Waals surface area contributed by atoms with Gasteiger partial charge in [0.2, 0.25) is 0 Å². The molecule has 0 N–H and O–H groups in total. The van der Waals surface area contributed by atoms with Crippen molar-refractivity contribution >= 4 is 45.6 Å². The summed E-state index contributed by atoms with van der Waals surface area (Å²) in [4.78, 5) is 14.8. The molecule has 27 heavy (non-hydrogen) atoms. The normalized spacial score (nSPS) is 11.3. The minimum absolute atomic E-state index is 0.0673. The van der Waals surface area contributed by atoms with Crippen LogP contribution in [0.15, 0.2) is 48.5 Å². The summed E-state index contributed by atoms with van der Waals surface area (Å²) in [5.74, 6) is 0.431. The zero-order valence-corrected chi connectivity index (χ0v) is 15.5. The number of pyridine rings is 1. The maximum atomic E-state index is 10.8. The molecule has 0 radical (unpaired) electrons. The number of hydrogen-bond acceptors (Lipinski definition) is 5. The van der Waals surface area contributed by atoms with Gasteiger partial charge in [0, 0.05) is 28.8 Å². The van der Waals surface area contributed by atoms with Crippen LogP contribution in [-0.2, 0) is 0 Å². The van der Waals surface area contributed by atoms with Gasteiger partial charge in [-0.25, -0.2) is 4.98 Å². The Balaban J connectivity index is 2.11. The van der Waals surface area contributed by atoms with Crippen molar-refractivity contribution in [3.05, 3.63) is 80.0 Å². The van der Waals surface area contributed by atoms with Crippen LogP contribution in [0, 0.1) is 28.4 Å². The van der Waals surface area contributed by atoms with Gasteiger partial charge < -0.3 is 4.74 Å². The van der Waals surface area contributed by atoms with Crippen molar-refractivity contribution in [2.75, 3.05) is 0 Å². The van der Waals surface area contributed by atoms with Crippen molar-refractivity contribution in [3.63, 3.8) is 0 Å². The molecule has 0 fully saturated rings. The zero-order valence-electron chi connectivity index (χ0n) is 13.9. The first-order valence-corrected chi connectivity index (χ1v) is 8.44. The topological polar surface area (TPSA) is 89.0 Å². The Bertz CT molecular complexity index is 1120. The second-order valence-electron chi connectivity index (χ2n) is 5.56. The quantitative estimate of drug-likeness (QED) is 0.243. The molecular weight excluding hydrogens is 389 g/mol. The number of ether oxygens (including phenoxy) is 1. The second-order valence-corrected chi connectivity index (χ2v) is 6.38. The number of nitriles is 1. The summed E-state index contributed by atoms with van der Waals surface area (Å²) in [6.07, 6.45) is 1.19. The molecule has 3 aromatic rings. The molecule has 0 aliphatic rings. The number of halogens is 2. The summed E-state index contributed by atoms with van der Waals surface area (Å²) in [5.41, 5.74) is 1.61. The number of allylic oxidation sites excluding steroid dienone is 1. The van der Waals surface area contributed by atoms with Crippen molar-refractivity contribution in [3.8, 4) is 11.8 Å². The number of rotatable bonds is 4. The first-order chi connectivity index (χ1) is 12.9. The van der Waals surface area contributed by atoms with Crippen LogP contribution in [0.5, 0.6) is 5.75 Å². The lowest BCUT2D eigenvalue weighted by Crippen LogP contribution is -1.99. The van der Waals surface area contributed by atoms with E-state index >= 15 is 0 Å². The lowest BCUT2D eigenvalue weighted by atomic mass is 10.1. The highest BCUT2D eigenvalue weighted by Crippen LogP contribution is 2.39. The highest BCUT2D eigenvalue weighted by atomic mass is 35.5. The van der Waals surface area contributed by atoms with Crippen LogP contribution < -0.4 is 4.74 Å². The third-order valence-electron chi connectivity index (χ3n) is 3.75. The number of fused-ring (bicyclic) bond motifs is 1. The number of nitro benzene ring substituents is 1. The molecule has 8 heteroatoms. The first-order valence-electron chi connectivity index (χ1n) is 7.68. The van der Waals surface area contributed by atoms with Gasteiger partial charge in [0.1, 0.15) is 11.3 Å². The third kappa shape index (κ3) is 3.85. The number of benzene rings is 2. The van der Waals surface area contributed by atoms with Gasteiger partial charge in [-0.2, -0.15) is 5.26 Å². The molecule has 0 atom stereocenters. The molecule has 0 saturated carbocycles. The molecule has 6 nitrogen and oxygen atoms in total. The van der Waals surface area contributed by atoms with Gasteiger partial charge in [-0.15, -0.1) is 0 Å². The van der Waals surface area contributed by atoms with E-state index in [4.69, 9.17) is 33.2 Å². The average Bonchev–Trinajstić information content (AvgIpc) is 2.64. The number of nitrogens with zero attached hydrogens (tertiary/aromatic N) is 3. The predicted molar refractivity (Wildman–Crippen MR) is 104 cm³/mol. The molecule has 0 spiro atoms. The van der Waals surface area contributed by atoms with Crippen LogP contribution in [0.3, 0.4) is 0 Å². The standard InChI is InChI=1S/C19H11Cl2N3O3/c1-11-2-7-14-15(20)10-16(21)19(18(14)23-11)27-17(8-9-22)12-3-5-13(6-4-12)24(25)26/h2-8,10H,1H3. The van der Waals surface area contributed by atoms with Crippen LogP contribution in [0.25, 0.3) is 16.7 Å². The molecule has 0 aliphatic carbocycles. The Hall–Kier alpha value is -3.14. The SMILES string of the molecule is Cc1ccc2c(Cl)cc(Cl)c(OC(=CC#N)c3ccc([N+](=O)[O-])cc3)c2n1. The first kappa shape index (κ1) is 18.6. The lowest BCUT2D eigenvalue weighted by Gasteiger charge is -2.14. The zero-order chi connectivity index (χ0) is 19.6. The van der Waals surface area contributed by atoms with Gasteiger partial charge in [-0.1, -0.05) is 23.2 Å². The average molecular weight is 400 g/mol. The molecule has 0 bridgehead atoms. The van der Waals surface area contributed by atoms with E-state index in [2.05, 4.69) is 4.98 Å². The number of aryl methyl sites for hydroxylation is 1. The molecule has 134 valence electrons. The number of nitro groups is 1. The smallest absolute Gasteiger partial charge is 0.269 e. The number of aromatic nitrogens is 1. The minimum Gasteiger partial charge on any atom is -0.452 e. The van der Waals surface area contributed by atoms with Crippen LogP contribution in [0.2, 0.25) is 10.0 Å². The summed E-state index contributed by atoms with van der Waals surface area (Å²) < 4.78 is 5.91. The van der Waals surface area contributed by atoms with Crippen molar-refractivity contribution < 1.29 is 9.66 Å². The monoisotopic (exact) mass is 399 g/mol. The molecule has 3 rings (SSSR count). The summed E-state index contributed by atoms with van der Waals surface area (Å²) in [5, 5.41) is 21.2. The van der Waals surface area contributed by atoms with E-state index in [0.717, 1.165) is 5.69 Å². The van der Waals surface area contributed by atoms with Gasteiger partial charge in [-0.05, 0) is 37.3 Å². The van der Waals surface area contributed by atoms with Gasteiger partial charge in [0.15, 0.2) is 5.75 Å². The molecule has 0 amide bonds. The molecule has 0 saturated heterocycles. The number of hydrogen-bond donors (Lipinski definition) is 0. The lowest BCUT2D eigenvalue weighted by molar-refractivity contribution is -0.384. The molecule has 2 aromatic carbocycles. The Kier molecular flexibility index (Phi) is 5.26. The van der Waals surface area contributed by atoms with E-state index in [-0.39, 0.29) is 22.2 Å². The van der Waals surface area contributed by atoms with Crippen molar-refractivity contribution in [2.24, 2.45) is 0 Å². The Labute approximate surface area is 164 Å². The molecule has 0 unspecified atom stereocenters. The van der Waals surface area contributed by atoms with Crippen LogP contribution in [0.1, 0.15) is 11.3 Å². The Morgan fingerprint density at radius 1 is 1.22 bits per heavy atom. The highest BCUT2D eigenvalue weighted by Gasteiger charge is 2.16. The molecule has 1 aromatic heterocycles. The maximum absolute atomic E-state index is 10.8. The third-order valence-corrected chi connectivity index (χ3v) is 4.34.